The molecule has 1 aromatic rings. The molecule has 0 aromatic heterocycles. The summed E-state index contributed by atoms with van der Waals surface area (Å²) >= 11 is 0. The van der Waals surface area contributed by atoms with Gasteiger partial charge < -0.3 is 10.2 Å². The molecular formula is C19H27N3O4S. The van der Waals surface area contributed by atoms with Gasteiger partial charge in [0.2, 0.25) is 10.0 Å². The van der Waals surface area contributed by atoms with Crippen molar-refractivity contribution in [2.45, 2.75) is 50.0 Å². The van der Waals surface area contributed by atoms with Crippen molar-refractivity contribution in [3.63, 3.8) is 0 Å². The van der Waals surface area contributed by atoms with E-state index >= 15 is 0 Å². The Balaban J connectivity index is 1.55. The molecule has 2 aliphatic heterocycles. The van der Waals surface area contributed by atoms with E-state index in [1.807, 2.05) is 0 Å². The molecule has 2 heterocycles. The first-order valence-electron chi connectivity index (χ1n) is 9.65. The van der Waals surface area contributed by atoms with Crippen LogP contribution in [-0.2, 0) is 26.2 Å². The number of likely N-dealkylation sites (tertiary alicyclic amines) is 1. The van der Waals surface area contributed by atoms with Crippen molar-refractivity contribution >= 4 is 21.8 Å². The first kappa shape index (κ1) is 19.8. The van der Waals surface area contributed by atoms with E-state index in [1.54, 1.807) is 29.2 Å². The number of carbonyl (C=O) groups is 2. The summed E-state index contributed by atoms with van der Waals surface area (Å²) in [6.45, 7) is 2.60. The Bertz CT molecular complexity index is 763. The molecule has 0 unspecified atom stereocenters. The van der Waals surface area contributed by atoms with Crippen LogP contribution in [0.3, 0.4) is 0 Å². The maximum absolute atomic E-state index is 12.5. The van der Waals surface area contributed by atoms with Crippen molar-refractivity contribution in [1.29, 1.82) is 0 Å². The number of sulfonamides is 1. The minimum atomic E-state index is -3.43. The molecule has 0 spiro atoms. The maximum atomic E-state index is 12.5. The number of nitrogens with zero attached hydrogens (tertiary/aromatic N) is 2. The van der Waals surface area contributed by atoms with Gasteiger partial charge in [0.1, 0.15) is 0 Å². The average Bonchev–Trinajstić information content (AvgIpc) is 3.10. The van der Waals surface area contributed by atoms with Crippen LogP contribution < -0.4 is 5.32 Å². The van der Waals surface area contributed by atoms with Crippen LogP contribution in [0, 0.1) is 0 Å². The summed E-state index contributed by atoms with van der Waals surface area (Å²) in [5.74, 6) is -1.09. The summed E-state index contributed by atoms with van der Waals surface area (Å²) in [7, 11) is -3.43. The minimum absolute atomic E-state index is 0.197. The molecule has 0 saturated carbocycles. The lowest BCUT2D eigenvalue weighted by atomic mass is 10.2. The SMILES string of the molecule is O=C(NCc1ccc(S(=O)(=O)N2CCCC2)cc1)C(=O)N1CCCCCC1. The van der Waals surface area contributed by atoms with Gasteiger partial charge in [-0.05, 0) is 43.4 Å². The predicted octanol–water partition coefficient (Wildman–Crippen LogP) is 1.49. The van der Waals surface area contributed by atoms with E-state index in [0.29, 0.717) is 26.2 Å². The van der Waals surface area contributed by atoms with Crippen molar-refractivity contribution in [3.8, 4) is 0 Å². The summed E-state index contributed by atoms with van der Waals surface area (Å²) < 4.78 is 26.5. The Morgan fingerprint density at radius 3 is 2.00 bits per heavy atom. The van der Waals surface area contributed by atoms with Crippen LogP contribution in [0.4, 0.5) is 0 Å². The lowest BCUT2D eigenvalue weighted by molar-refractivity contribution is -0.145. The van der Waals surface area contributed by atoms with Crippen molar-refractivity contribution in [2.24, 2.45) is 0 Å². The first-order chi connectivity index (χ1) is 13.0. The summed E-state index contributed by atoms with van der Waals surface area (Å²) in [5, 5.41) is 2.64. The molecule has 8 heteroatoms. The summed E-state index contributed by atoms with van der Waals surface area (Å²) in [5.41, 5.74) is 0.757. The standard InChI is InChI=1S/C19H27N3O4S/c23-18(19(24)21-11-3-1-2-4-12-21)20-15-16-7-9-17(10-8-16)27(25,26)22-13-5-6-14-22/h7-10H,1-6,11-15H2,(H,20,23). The fourth-order valence-electron chi connectivity index (χ4n) is 3.53. The van der Waals surface area contributed by atoms with Gasteiger partial charge in [-0.25, -0.2) is 8.42 Å². The Kier molecular flexibility index (Phi) is 6.49. The molecule has 0 radical (unpaired) electrons. The zero-order valence-electron chi connectivity index (χ0n) is 15.5. The lowest BCUT2D eigenvalue weighted by Gasteiger charge is -2.19. The second-order valence-corrected chi connectivity index (χ2v) is 9.08. The highest BCUT2D eigenvalue weighted by atomic mass is 32.2. The van der Waals surface area contributed by atoms with Crippen molar-refractivity contribution in [1.82, 2.24) is 14.5 Å². The second-order valence-electron chi connectivity index (χ2n) is 7.14. The quantitative estimate of drug-likeness (QED) is 0.785. The molecule has 2 aliphatic rings. The Labute approximate surface area is 160 Å². The number of amides is 2. The van der Waals surface area contributed by atoms with E-state index in [1.165, 1.54) is 4.31 Å². The molecule has 1 aromatic carbocycles. The van der Waals surface area contributed by atoms with Crippen LogP contribution >= 0.6 is 0 Å². The molecule has 0 atom stereocenters. The first-order valence-corrected chi connectivity index (χ1v) is 11.1. The van der Waals surface area contributed by atoms with Gasteiger partial charge in [0.25, 0.3) is 0 Å². The van der Waals surface area contributed by atoms with Crippen molar-refractivity contribution < 1.29 is 18.0 Å². The summed E-state index contributed by atoms with van der Waals surface area (Å²) in [4.78, 5) is 26.2. The molecule has 2 fully saturated rings. The predicted molar refractivity (Wildman–Crippen MR) is 101 cm³/mol. The monoisotopic (exact) mass is 393 g/mol. The number of carbonyl (C=O) groups excluding carboxylic acids is 2. The van der Waals surface area contributed by atoms with E-state index in [4.69, 9.17) is 0 Å². The summed E-state index contributed by atoms with van der Waals surface area (Å²) in [6, 6.07) is 6.48. The molecule has 3 rings (SSSR count). The van der Waals surface area contributed by atoms with E-state index in [-0.39, 0.29) is 11.4 Å². The third-order valence-corrected chi connectivity index (χ3v) is 7.08. The topological polar surface area (TPSA) is 86.8 Å². The van der Waals surface area contributed by atoms with Crippen LogP contribution in [0.2, 0.25) is 0 Å². The van der Waals surface area contributed by atoms with E-state index in [9.17, 15) is 18.0 Å². The Morgan fingerprint density at radius 2 is 1.41 bits per heavy atom. The highest BCUT2D eigenvalue weighted by molar-refractivity contribution is 7.89. The van der Waals surface area contributed by atoms with Crippen molar-refractivity contribution in [2.75, 3.05) is 26.2 Å². The molecule has 148 valence electrons. The Morgan fingerprint density at radius 1 is 0.852 bits per heavy atom. The zero-order chi connectivity index (χ0) is 19.3. The highest BCUT2D eigenvalue weighted by Crippen LogP contribution is 2.21. The molecule has 2 saturated heterocycles. The van der Waals surface area contributed by atoms with Gasteiger partial charge in [0.05, 0.1) is 4.90 Å². The van der Waals surface area contributed by atoms with Crippen LogP contribution in [0.25, 0.3) is 0 Å². The van der Waals surface area contributed by atoms with Crippen LogP contribution in [0.1, 0.15) is 44.1 Å². The van der Waals surface area contributed by atoms with Gasteiger partial charge in [0.15, 0.2) is 0 Å². The number of rotatable bonds is 4. The third kappa shape index (κ3) is 4.87. The maximum Gasteiger partial charge on any atom is 0.311 e. The van der Waals surface area contributed by atoms with Crippen molar-refractivity contribution in [3.05, 3.63) is 29.8 Å². The lowest BCUT2D eigenvalue weighted by Crippen LogP contribution is -2.43. The zero-order valence-corrected chi connectivity index (χ0v) is 16.3. The van der Waals surface area contributed by atoms with E-state index in [0.717, 1.165) is 44.1 Å². The second kappa shape index (κ2) is 8.84. The highest BCUT2D eigenvalue weighted by Gasteiger charge is 2.27. The Hall–Kier alpha value is -1.93. The normalized spacial score (nSPS) is 18.9. The number of benzene rings is 1. The fraction of sp³-hybridized carbons (Fsp3) is 0.579. The molecule has 2 amide bonds. The average molecular weight is 394 g/mol. The molecule has 0 bridgehead atoms. The van der Waals surface area contributed by atoms with Crippen LogP contribution in [0.5, 0.6) is 0 Å². The van der Waals surface area contributed by atoms with E-state index < -0.39 is 21.8 Å². The third-order valence-electron chi connectivity index (χ3n) is 5.17. The van der Waals surface area contributed by atoms with Gasteiger partial charge in [-0.1, -0.05) is 25.0 Å². The molecule has 27 heavy (non-hydrogen) atoms. The van der Waals surface area contributed by atoms with Gasteiger partial charge in [-0.15, -0.1) is 0 Å². The summed E-state index contributed by atoms with van der Waals surface area (Å²) in [6.07, 6.45) is 5.86. The molecule has 0 aliphatic carbocycles. The van der Waals surface area contributed by atoms with Gasteiger partial charge in [-0.3, -0.25) is 9.59 Å². The van der Waals surface area contributed by atoms with Gasteiger partial charge >= 0.3 is 11.8 Å². The largest absolute Gasteiger partial charge is 0.344 e. The molecule has 7 nitrogen and oxygen atoms in total. The van der Waals surface area contributed by atoms with Crippen LogP contribution in [-0.4, -0.2) is 55.6 Å². The molecular weight excluding hydrogens is 366 g/mol. The molecule has 1 N–H and O–H groups in total. The van der Waals surface area contributed by atoms with Gasteiger partial charge in [-0.2, -0.15) is 4.31 Å². The van der Waals surface area contributed by atoms with E-state index in [2.05, 4.69) is 5.32 Å². The number of hydrogen-bond donors (Lipinski definition) is 1. The van der Waals surface area contributed by atoms with Crippen LogP contribution in [0.15, 0.2) is 29.2 Å². The number of hydrogen-bond acceptors (Lipinski definition) is 4. The smallest absolute Gasteiger partial charge is 0.311 e. The number of nitrogens with one attached hydrogen (secondary N) is 1. The van der Waals surface area contributed by atoms with Gasteiger partial charge in [0, 0.05) is 32.7 Å². The minimum Gasteiger partial charge on any atom is -0.344 e. The fourth-order valence-corrected chi connectivity index (χ4v) is 5.05.